The molecular formula is C23H22. The molecule has 3 aromatic carbocycles. The molecule has 1 aliphatic rings. The van der Waals surface area contributed by atoms with Crippen molar-refractivity contribution in [2.45, 2.75) is 32.6 Å². The van der Waals surface area contributed by atoms with Crippen molar-refractivity contribution in [2.75, 3.05) is 0 Å². The van der Waals surface area contributed by atoms with Crippen LogP contribution in [0.3, 0.4) is 0 Å². The van der Waals surface area contributed by atoms with E-state index < -0.39 is 0 Å². The van der Waals surface area contributed by atoms with E-state index in [1.165, 1.54) is 51.8 Å². The van der Waals surface area contributed by atoms with Crippen molar-refractivity contribution in [3.05, 3.63) is 83.4 Å². The molecule has 1 fully saturated rings. The Balaban J connectivity index is 1.83. The second-order valence-electron chi connectivity index (χ2n) is 6.76. The first kappa shape index (κ1) is 14.3. The third-order valence-corrected chi connectivity index (χ3v) is 4.89. The molecule has 0 heteroatoms. The van der Waals surface area contributed by atoms with Gasteiger partial charge in [-0.05, 0) is 72.1 Å². The molecule has 0 unspecified atom stereocenters. The van der Waals surface area contributed by atoms with E-state index >= 15 is 0 Å². The lowest BCUT2D eigenvalue weighted by Gasteiger charge is -2.14. The average molecular weight is 298 g/mol. The number of benzene rings is 3. The molecule has 0 aliphatic heterocycles. The van der Waals surface area contributed by atoms with Crippen LogP contribution in [0.1, 0.15) is 35.4 Å². The maximum absolute atomic E-state index is 2.36. The van der Waals surface area contributed by atoms with E-state index in [9.17, 15) is 0 Å². The third kappa shape index (κ3) is 2.82. The Morgan fingerprint density at radius 1 is 0.696 bits per heavy atom. The van der Waals surface area contributed by atoms with Gasteiger partial charge in [0.05, 0.1) is 0 Å². The van der Waals surface area contributed by atoms with Crippen LogP contribution in [0.4, 0.5) is 0 Å². The minimum atomic E-state index is 0.772. The van der Waals surface area contributed by atoms with Crippen molar-refractivity contribution in [1.29, 1.82) is 0 Å². The van der Waals surface area contributed by atoms with Crippen LogP contribution in [0.5, 0.6) is 0 Å². The Hall–Kier alpha value is -2.34. The van der Waals surface area contributed by atoms with Gasteiger partial charge in [0.15, 0.2) is 0 Å². The molecule has 3 aromatic rings. The minimum absolute atomic E-state index is 0.772. The Morgan fingerprint density at radius 2 is 1.39 bits per heavy atom. The van der Waals surface area contributed by atoms with Crippen molar-refractivity contribution in [1.82, 2.24) is 0 Å². The fraction of sp³-hybridized carbons (Fsp3) is 0.217. The molecule has 0 heterocycles. The average Bonchev–Trinajstić information content (AvgIpc) is 3.41. The molecule has 0 radical (unpaired) electrons. The predicted molar refractivity (Wildman–Crippen MR) is 98.8 cm³/mol. The fourth-order valence-electron chi connectivity index (χ4n) is 3.33. The highest BCUT2D eigenvalue weighted by molar-refractivity contribution is 5.77. The van der Waals surface area contributed by atoms with Gasteiger partial charge in [0, 0.05) is 0 Å². The van der Waals surface area contributed by atoms with Gasteiger partial charge in [0.25, 0.3) is 0 Å². The van der Waals surface area contributed by atoms with Crippen LogP contribution in [-0.4, -0.2) is 0 Å². The molecule has 0 nitrogen and oxygen atoms in total. The molecule has 0 spiro atoms. The molecule has 114 valence electrons. The summed E-state index contributed by atoms with van der Waals surface area (Å²) in [5.41, 5.74) is 9.58. The predicted octanol–water partition coefficient (Wildman–Crippen LogP) is 6.51. The summed E-state index contributed by atoms with van der Waals surface area (Å²) in [5, 5.41) is 0. The Morgan fingerprint density at radius 3 is 2.13 bits per heavy atom. The van der Waals surface area contributed by atoms with E-state index in [1.54, 1.807) is 0 Å². The highest BCUT2D eigenvalue weighted by atomic mass is 14.3. The van der Waals surface area contributed by atoms with Crippen LogP contribution < -0.4 is 0 Å². The second kappa shape index (κ2) is 5.70. The molecule has 0 N–H and O–H groups in total. The van der Waals surface area contributed by atoms with Gasteiger partial charge in [0.2, 0.25) is 0 Å². The monoisotopic (exact) mass is 298 g/mol. The molecule has 0 saturated heterocycles. The third-order valence-electron chi connectivity index (χ3n) is 4.89. The molecule has 0 amide bonds. The van der Waals surface area contributed by atoms with E-state index in [0.29, 0.717) is 0 Å². The van der Waals surface area contributed by atoms with Gasteiger partial charge in [-0.15, -0.1) is 0 Å². The first-order chi connectivity index (χ1) is 11.2. The number of aryl methyl sites for hydroxylation is 2. The van der Waals surface area contributed by atoms with E-state index in [0.717, 1.165) is 5.92 Å². The summed E-state index contributed by atoms with van der Waals surface area (Å²) in [5.74, 6) is 0.772. The lowest BCUT2D eigenvalue weighted by Crippen LogP contribution is -1.91. The number of hydrogen-bond acceptors (Lipinski definition) is 0. The van der Waals surface area contributed by atoms with Crippen molar-refractivity contribution in [3.8, 4) is 22.3 Å². The van der Waals surface area contributed by atoms with Crippen LogP contribution in [0, 0.1) is 13.8 Å². The van der Waals surface area contributed by atoms with E-state index in [1.807, 2.05) is 0 Å². The lowest BCUT2D eigenvalue weighted by molar-refractivity contribution is 1.13. The lowest BCUT2D eigenvalue weighted by atomic mass is 9.91. The maximum Gasteiger partial charge on any atom is -0.0146 e. The van der Waals surface area contributed by atoms with Crippen molar-refractivity contribution in [2.24, 2.45) is 0 Å². The summed E-state index contributed by atoms with van der Waals surface area (Å²) in [6.07, 6.45) is 2.68. The molecular weight excluding hydrogens is 276 g/mol. The molecule has 0 atom stereocenters. The molecule has 0 aromatic heterocycles. The van der Waals surface area contributed by atoms with Gasteiger partial charge < -0.3 is 0 Å². The summed E-state index contributed by atoms with van der Waals surface area (Å²) in [6.45, 7) is 4.36. The zero-order chi connectivity index (χ0) is 15.8. The fourth-order valence-corrected chi connectivity index (χ4v) is 3.33. The van der Waals surface area contributed by atoms with Gasteiger partial charge in [-0.3, -0.25) is 0 Å². The van der Waals surface area contributed by atoms with Gasteiger partial charge in [-0.1, -0.05) is 66.2 Å². The Bertz CT molecular complexity index is 836. The van der Waals surface area contributed by atoms with E-state index in [-0.39, 0.29) is 0 Å². The van der Waals surface area contributed by atoms with Crippen LogP contribution in [-0.2, 0) is 0 Å². The first-order valence-electron chi connectivity index (χ1n) is 8.49. The standard InChI is InChI=1S/C23H22/c1-16-7-10-18(11-8-16)20-12-9-17(2)23(15-20)22-6-4-3-5-21(22)19-13-14-19/h3-12,15,19H,13-14H2,1-2H3. The van der Waals surface area contributed by atoms with Gasteiger partial charge in [0.1, 0.15) is 0 Å². The maximum atomic E-state index is 2.36. The second-order valence-corrected chi connectivity index (χ2v) is 6.76. The largest absolute Gasteiger partial charge is 0.0619 e. The summed E-state index contributed by atoms with van der Waals surface area (Å²) in [7, 11) is 0. The molecule has 0 bridgehead atoms. The van der Waals surface area contributed by atoms with Crippen LogP contribution in [0.2, 0.25) is 0 Å². The Kier molecular flexibility index (Phi) is 3.53. The summed E-state index contributed by atoms with van der Waals surface area (Å²) >= 11 is 0. The van der Waals surface area contributed by atoms with Gasteiger partial charge in [-0.2, -0.15) is 0 Å². The zero-order valence-corrected chi connectivity index (χ0v) is 13.8. The summed E-state index contributed by atoms with van der Waals surface area (Å²) < 4.78 is 0. The van der Waals surface area contributed by atoms with Crippen molar-refractivity contribution >= 4 is 0 Å². The van der Waals surface area contributed by atoms with Crippen molar-refractivity contribution < 1.29 is 0 Å². The molecule has 1 saturated carbocycles. The molecule has 23 heavy (non-hydrogen) atoms. The van der Waals surface area contributed by atoms with Crippen LogP contribution >= 0.6 is 0 Å². The summed E-state index contributed by atoms with van der Waals surface area (Å²) in [4.78, 5) is 0. The highest BCUT2D eigenvalue weighted by Gasteiger charge is 2.26. The number of hydrogen-bond donors (Lipinski definition) is 0. The van der Waals surface area contributed by atoms with E-state index in [2.05, 4.69) is 80.6 Å². The Labute approximate surface area is 138 Å². The topological polar surface area (TPSA) is 0 Å². The van der Waals surface area contributed by atoms with Crippen molar-refractivity contribution in [3.63, 3.8) is 0 Å². The van der Waals surface area contributed by atoms with Gasteiger partial charge in [-0.25, -0.2) is 0 Å². The normalized spacial score (nSPS) is 14.0. The van der Waals surface area contributed by atoms with E-state index in [4.69, 9.17) is 0 Å². The van der Waals surface area contributed by atoms with Crippen LogP contribution in [0.15, 0.2) is 66.7 Å². The van der Waals surface area contributed by atoms with Gasteiger partial charge >= 0.3 is 0 Å². The molecule has 4 rings (SSSR count). The van der Waals surface area contributed by atoms with Crippen LogP contribution in [0.25, 0.3) is 22.3 Å². The molecule has 1 aliphatic carbocycles. The number of rotatable bonds is 3. The highest BCUT2D eigenvalue weighted by Crippen LogP contribution is 2.45. The smallest absolute Gasteiger partial charge is 0.0146 e. The first-order valence-corrected chi connectivity index (χ1v) is 8.49. The minimum Gasteiger partial charge on any atom is -0.0619 e. The quantitative estimate of drug-likeness (QED) is 0.516. The SMILES string of the molecule is Cc1ccc(-c2ccc(C)c(-c3ccccc3C3CC3)c2)cc1. The zero-order valence-electron chi connectivity index (χ0n) is 13.8. The summed E-state index contributed by atoms with van der Waals surface area (Å²) in [6, 6.07) is 24.6.